The molecule has 11 aromatic rings. The number of hydrogen-bond donors (Lipinski definition) is 0. The fourth-order valence-corrected chi connectivity index (χ4v) is 16.5. The molecule has 0 fully saturated rings. The molecule has 0 bridgehead atoms. The van der Waals surface area contributed by atoms with E-state index < -0.39 is 23.6 Å². The van der Waals surface area contributed by atoms with Crippen molar-refractivity contribution in [1.29, 1.82) is 0 Å². The standard InChI is InChI=1S/C96H106N2O8/c1-13-17-21-25-39-63-43-29-33-51-75(63)103-79-55-71-83-72(94(100)97(93(71)99)91-67(59(5)6)47-37-48-68(91)60(7)8)57-81(105-77-53-35-31-45-65(77)41-27-23-19-15-3)87-88-82(106-78-54-36-32-46-66(78)42-28-24-20-16-4)58-74-84-73(95(101)98(96(74)102)92-69(61(9)10)49-38-50-70(92)62(11)12)56-80(86(90(84)88)85(79)89(83)87)104-76-52-34-30-44-64(76)40-26-22-18-14-2/h29-38,43-62H,13-28,39-42H2,1-12H3. The highest BCUT2D eigenvalue weighted by Crippen LogP contribution is 2.59. The lowest BCUT2D eigenvalue weighted by atomic mass is 9.80. The van der Waals surface area contributed by atoms with E-state index in [1.807, 2.05) is 133 Å². The van der Waals surface area contributed by atoms with Gasteiger partial charge < -0.3 is 18.9 Å². The van der Waals surface area contributed by atoms with E-state index in [2.05, 4.69) is 107 Å². The van der Waals surface area contributed by atoms with Crippen LogP contribution in [0.1, 0.15) is 295 Å². The summed E-state index contributed by atoms with van der Waals surface area (Å²) in [6.07, 6.45) is 19.5. The number of benzene rings is 11. The maximum atomic E-state index is 16.9. The maximum absolute atomic E-state index is 16.9. The molecule has 10 nitrogen and oxygen atoms in total. The van der Waals surface area contributed by atoms with E-state index >= 15 is 19.2 Å². The second kappa shape index (κ2) is 32.9. The summed E-state index contributed by atoms with van der Waals surface area (Å²) in [6.45, 7) is 25.7. The molecule has 548 valence electrons. The Morgan fingerprint density at radius 1 is 0.255 bits per heavy atom. The molecule has 0 aliphatic carbocycles. The molecule has 10 heteroatoms. The Kier molecular flexibility index (Phi) is 23.1. The summed E-state index contributed by atoms with van der Waals surface area (Å²) in [5, 5.41) is 3.90. The van der Waals surface area contributed by atoms with Crippen molar-refractivity contribution in [2.75, 3.05) is 9.80 Å². The minimum absolute atomic E-state index is 0.0713. The quantitative estimate of drug-likeness (QED) is 0.0170. The average molecular weight is 1420 g/mol. The first-order valence-corrected chi connectivity index (χ1v) is 39.9. The van der Waals surface area contributed by atoms with Crippen molar-refractivity contribution < 1.29 is 38.1 Å². The van der Waals surface area contributed by atoms with Gasteiger partial charge in [-0.05, 0) is 168 Å². The number of rotatable bonds is 34. The van der Waals surface area contributed by atoms with Crippen molar-refractivity contribution in [3.05, 3.63) is 224 Å². The lowest BCUT2D eigenvalue weighted by molar-refractivity contribution is 0.0877. The molecular formula is C96H106N2O8. The highest BCUT2D eigenvalue weighted by Gasteiger charge is 2.44. The van der Waals surface area contributed by atoms with Crippen LogP contribution in [0.15, 0.2) is 158 Å². The summed E-state index contributed by atoms with van der Waals surface area (Å²) >= 11 is 0. The van der Waals surface area contributed by atoms with Crippen LogP contribution in [0.25, 0.3) is 43.1 Å². The highest BCUT2D eigenvalue weighted by atomic mass is 16.5. The lowest BCUT2D eigenvalue weighted by Gasteiger charge is -2.35. The number of imide groups is 2. The average Bonchev–Trinajstić information content (AvgIpc) is 0.670. The first-order chi connectivity index (χ1) is 51.5. The van der Waals surface area contributed by atoms with Gasteiger partial charge in [0, 0.05) is 43.1 Å². The molecule has 0 atom stereocenters. The Bertz CT molecular complexity index is 4480. The highest BCUT2D eigenvalue weighted by molar-refractivity contribution is 6.48. The monoisotopic (exact) mass is 1410 g/mol. The van der Waals surface area contributed by atoms with E-state index in [0.29, 0.717) is 100 Å². The third-order valence-electron chi connectivity index (χ3n) is 22.0. The molecular weight excluding hydrogens is 1310 g/mol. The van der Waals surface area contributed by atoms with E-state index in [9.17, 15) is 0 Å². The van der Waals surface area contributed by atoms with Crippen LogP contribution in [0, 0.1) is 0 Å². The number of carbonyl (C=O) groups is 4. The zero-order valence-corrected chi connectivity index (χ0v) is 64.6. The summed E-state index contributed by atoms with van der Waals surface area (Å²) in [5.41, 5.74) is 9.65. The third kappa shape index (κ3) is 14.4. The van der Waals surface area contributed by atoms with Gasteiger partial charge in [-0.15, -0.1) is 0 Å². The molecule has 0 radical (unpaired) electrons. The van der Waals surface area contributed by atoms with E-state index in [0.717, 1.165) is 173 Å². The van der Waals surface area contributed by atoms with Crippen molar-refractivity contribution in [1.82, 2.24) is 0 Å². The molecule has 4 amide bonds. The van der Waals surface area contributed by atoms with Gasteiger partial charge in [0.25, 0.3) is 23.6 Å². The molecule has 0 aromatic heterocycles. The molecule has 2 aliphatic rings. The van der Waals surface area contributed by atoms with Gasteiger partial charge in [0.2, 0.25) is 0 Å². The Balaban J connectivity index is 1.26. The number of ether oxygens (including phenoxy) is 4. The minimum atomic E-state index is -0.495. The normalized spacial score (nSPS) is 13.1. The fourth-order valence-electron chi connectivity index (χ4n) is 16.5. The Morgan fingerprint density at radius 3 is 0.698 bits per heavy atom. The number of unbranched alkanes of at least 4 members (excludes halogenated alkanes) is 12. The van der Waals surface area contributed by atoms with Crippen LogP contribution in [0.3, 0.4) is 0 Å². The number of hydrogen-bond acceptors (Lipinski definition) is 8. The molecule has 11 aromatic carbocycles. The predicted molar refractivity (Wildman–Crippen MR) is 437 cm³/mol. The van der Waals surface area contributed by atoms with Crippen LogP contribution in [0.2, 0.25) is 0 Å². The number of nitrogens with zero attached hydrogens (tertiary/aromatic N) is 2. The van der Waals surface area contributed by atoms with Crippen LogP contribution in [-0.2, 0) is 25.7 Å². The van der Waals surface area contributed by atoms with Crippen molar-refractivity contribution in [3.8, 4) is 46.0 Å². The van der Waals surface area contributed by atoms with Crippen LogP contribution in [0.5, 0.6) is 46.0 Å². The van der Waals surface area contributed by atoms with Gasteiger partial charge in [0.15, 0.2) is 0 Å². The topological polar surface area (TPSA) is 112 Å². The lowest BCUT2D eigenvalue weighted by Crippen LogP contribution is -2.42. The van der Waals surface area contributed by atoms with Crippen molar-refractivity contribution in [2.24, 2.45) is 0 Å². The van der Waals surface area contributed by atoms with Crippen molar-refractivity contribution >= 4 is 78.1 Å². The van der Waals surface area contributed by atoms with Crippen LogP contribution in [-0.4, -0.2) is 23.6 Å². The number of para-hydroxylation sites is 6. The molecule has 0 saturated heterocycles. The zero-order chi connectivity index (χ0) is 74.4. The summed E-state index contributed by atoms with van der Waals surface area (Å²) in [4.78, 5) is 70.4. The Hall–Kier alpha value is -9.80. The number of fused-ring (bicyclic) bond motifs is 2. The van der Waals surface area contributed by atoms with Gasteiger partial charge in [0.05, 0.1) is 33.6 Å². The Labute approximate surface area is 628 Å². The summed E-state index contributed by atoms with van der Waals surface area (Å²) in [5.74, 6) is 1.44. The smallest absolute Gasteiger partial charge is 0.266 e. The fraction of sp³-hybridized carbons (Fsp3) is 0.375. The van der Waals surface area contributed by atoms with Gasteiger partial charge in [-0.2, -0.15) is 0 Å². The summed E-state index contributed by atoms with van der Waals surface area (Å²) in [7, 11) is 0. The van der Waals surface area contributed by atoms with Crippen LogP contribution >= 0.6 is 0 Å². The number of aryl methyl sites for hydroxylation is 4. The zero-order valence-electron chi connectivity index (χ0n) is 64.6. The van der Waals surface area contributed by atoms with Crippen LogP contribution < -0.4 is 28.7 Å². The molecule has 13 rings (SSSR count). The molecule has 0 saturated carbocycles. The van der Waals surface area contributed by atoms with E-state index in [1.165, 1.54) is 9.80 Å². The molecule has 0 unspecified atom stereocenters. The van der Waals surface area contributed by atoms with E-state index in [-0.39, 0.29) is 45.9 Å². The first kappa shape index (κ1) is 74.5. The van der Waals surface area contributed by atoms with Gasteiger partial charge in [0.1, 0.15) is 46.0 Å². The molecule has 0 spiro atoms. The molecule has 106 heavy (non-hydrogen) atoms. The SMILES string of the molecule is CCCCCCc1ccccc1Oc1cc2c3c(cc(Oc4ccccc4CCCCCC)c4c5c(Oc6ccccc6CCCCCC)cc6c7c(cc(Oc8ccccc8CCCCCC)c(c1c34)c75)C(=O)N(c1c(C(C)C)cccc1C(C)C)C6=O)C(=O)N(c1c(C(C)C)cccc1C(C)C)C2=O. The van der Waals surface area contributed by atoms with Gasteiger partial charge in [-0.3, -0.25) is 19.2 Å². The van der Waals surface area contributed by atoms with Crippen molar-refractivity contribution in [2.45, 2.75) is 235 Å². The van der Waals surface area contributed by atoms with E-state index in [4.69, 9.17) is 18.9 Å². The van der Waals surface area contributed by atoms with Crippen molar-refractivity contribution in [3.63, 3.8) is 0 Å². The summed E-state index contributed by atoms with van der Waals surface area (Å²) in [6, 6.07) is 52.2. The van der Waals surface area contributed by atoms with Gasteiger partial charge in [-0.1, -0.05) is 269 Å². The number of carbonyl (C=O) groups excluding carboxylic acids is 4. The van der Waals surface area contributed by atoms with Crippen LogP contribution in [0.4, 0.5) is 11.4 Å². The molecule has 2 aliphatic heterocycles. The second-order valence-corrected chi connectivity index (χ2v) is 30.9. The number of amides is 4. The van der Waals surface area contributed by atoms with E-state index in [1.54, 1.807) is 0 Å². The summed E-state index contributed by atoms with van der Waals surface area (Å²) < 4.78 is 31.1. The predicted octanol–water partition coefficient (Wildman–Crippen LogP) is 27.5. The second-order valence-electron chi connectivity index (χ2n) is 30.9. The van der Waals surface area contributed by atoms with Gasteiger partial charge in [-0.25, -0.2) is 9.80 Å². The third-order valence-corrected chi connectivity index (χ3v) is 22.0. The number of anilines is 2. The van der Waals surface area contributed by atoms with Gasteiger partial charge >= 0.3 is 0 Å². The minimum Gasteiger partial charge on any atom is -0.456 e. The maximum Gasteiger partial charge on any atom is 0.266 e. The molecule has 0 N–H and O–H groups in total. The Morgan fingerprint density at radius 2 is 0.481 bits per heavy atom. The first-order valence-electron chi connectivity index (χ1n) is 39.9. The molecule has 2 heterocycles. The largest absolute Gasteiger partial charge is 0.456 e.